The zero-order valence-electron chi connectivity index (χ0n) is 13.8. The molecule has 0 aliphatic rings. The van der Waals surface area contributed by atoms with Crippen LogP contribution in [-0.2, 0) is 11.8 Å². The third-order valence-corrected chi connectivity index (χ3v) is 7.68. The second-order valence-electron chi connectivity index (χ2n) is 5.48. The van der Waals surface area contributed by atoms with Gasteiger partial charge >= 0.3 is 11.4 Å². The van der Waals surface area contributed by atoms with Crippen LogP contribution in [0.2, 0.25) is 0 Å². The summed E-state index contributed by atoms with van der Waals surface area (Å²) in [6.07, 6.45) is -2.79. The molecule has 0 fully saturated rings. The van der Waals surface area contributed by atoms with E-state index in [1.807, 2.05) is 60.7 Å². The SMILES string of the molecule is O=[N+]([O-])c1ccc(OP(=S)(c2ccccc2)c2ccccc2)cc1[N+](=O)[O-]. The zero-order chi connectivity index (χ0) is 19.4. The Labute approximate surface area is 159 Å². The number of nitro benzene ring substituents is 2. The fourth-order valence-electron chi connectivity index (χ4n) is 2.51. The van der Waals surface area contributed by atoms with E-state index in [4.69, 9.17) is 16.3 Å². The first-order valence-corrected chi connectivity index (χ1v) is 10.5. The Bertz CT molecular complexity index is 1000. The summed E-state index contributed by atoms with van der Waals surface area (Å²) < 4.78 is 6.10. The largest absolute Gasteiger partial charge is 0.458 e. The van der Waals surface area contributed by atoms with E-state index in [1.165, 1.54) is 6.07 Å². The van der Waals surface area contributed by atoms with Crippen molar-refractivity contribution < 1.29 is 14.4 Å². The summed E-state index contributed by atoms with van der Waals surface area (Å²) >= 11 is 5.90. The van der Waals surface area contributed by atoms with E-state index in [0.717, 1.165) is 22.7 Å². The van der Waals surface area contributed by atoms with Gasteiger partial charge in [-0.2, -0.15) is 0 Å². The Morgan fingerprint density at radius 1 is 0.741 bits per heavy atom. The van der Waals surface area contributed by atoms with E-state index in [-0.39, 0.29) is 5.75 Å². The minimum Gasteiger partial charge on any atom is -0.458 e. The molecule has 0 amide bonds. The lowest BCUT2D eigenvalue weighted by Gasteiger charge is -2.24. The van der Waals surface area contributed by atoms with Gasteiger partial charge in [0.2, 0.25) is 0 Å². The van der Waals surface area contributed by atoms with Gasteiger partial charge in [-0.3, -0.25) is 20.2 Å². The summed E-state index contributed by atoms with van der Waals surface area (Å²) in [5.41, 5.74) is -1.24. The first kappa shape index (κ1) is 18.7. The van der Waals surface area contributed by atoms with Crippen molar-refractivity contribution in [2.24, 2.45) is 0 Å². The number of nitro groups is 2. The first-order chi connectivity index (χ1) is 12.9. The predicted octanol–water partition coefficient (Wildman–Crippen LogP) is 3.93. The van der Waals surface area contributed by atoms with E-state index in [2.05, 4.69) is 0 Å². The topological polar surface area (TPSA) is 95.5 Å². The summed E-state index contributed by atoms with van der Waals surface area (Å²) in [5.74, 6) is 0.114. The third kappa shape index (κ3) is 3.86. The van der Waals surface area contributed by atoms with E-state index in [0.29, 0.717) is 0 Å². The van der Waals surface area contributed by atoms with Crippen molar-refractivity contribution in [3.63, 3.8) is 0 Å². The minimum absolute atomic E-state index is 0.114. The van der Waals surface area contributed by atoms with Crippen LogP contribution in [-0.4, -0.2) is 9.85 Å². The lowest BCUT2D eigenvalue weighted by atomic mass is 10.2. The van der Waals surface area contributed by atoms with Crippen molar-refractivity contribution in [2.45, 2.75) is 0 Å². The van der Waals surface area contributed by atoms with Crippen molar-refractivity contribution in [3.8, 4) is 5.75 Å². The molecule has 3 aromatic rings. The maximum atomic E-state index is 11.2. The number of rotatable bonds is 6. The molecular weight excluding hydrogens is 387 g/mol. The maximum absolute atomic E-state index is 11.2. The molecular formula is C18H13N2O5PS. The molecule has 0 aliphatic heterocycles. The van der Waals surface area contributed by atoms with Gasteiger partial charge in [0.1, 0.15) is 5.75 Å². The molecule has 3 aromatic carbocycles. The van der Waals surface area contributed by atoms with Crippen LogP contribution in [0.5, 0.6) is 5.75 Å². The van der Waals surface area contributed by atoms with Gasteiger partial charge in [-0.15, -0.1) is 0 Å². The predicted molar refractivity (Wildman–Crippen MR) is 107 cm³/mol. The van der Waals surface area contributed by atoms with Crippen LogP contribution in [0.15, 0.2) is 78.9 Å². The van der Waals surface area contributed by atoms with Gasteiger partial charge in [-0.1, -0.05) is 60.7 Å². The highest BCUT2D eigenvalue weighted by Gasteiger charge is 2.29. The molecule has 27 heavy (non-hydrogen) atoms. The standard InChI is InChI=1S/C18H13N2O5PS/c21-19(22)17-12-11-14(13-18(17)20(23)24)25-26(27,15-7-3-1-4-8-15)16-9-5-2-6-10-16/h1-13H. The van der Waals surface area contributed by atoms with Gasteiger partial charge in [-0.25, -0.2) is 0 Å². The maximum Gasteiger partial charge on any atom is 0.349 e. The molecule has 0 spiro atoms. The Hall–Kier alpha value is -3.09. The quantitative estimate of drug-likeness (QED) is 0.353. The molecule has 7 nitrogen and oxygen atoms in total. The number of nitrogens with zero attached hydrogens (tertiary/aromatic N) is 2. The van der Waals surface area contributed by atoms with E-state index < -0.39 is 27.5 Å². The Morgan fingerprint density at radius 3 is 1.67 bits per heavy atom. The molecule has 0 radical (unpaired) electrons. The highest BCUT2D eigenvalue weighted by atomic mass is 32.4. The highest BCUT2D eigenvalue weighted by molar-refractivity contribution is 8.19. The molecule has 0 aliphatic carbocycles. The van der Waals surface area contributed by atoms with Gasteiger partial charge in [0, 0.05) is 16.7 Å². The summed E-state index contributed by atoms with van der Waals surface area (Å²) in [7, 11) is 0. The fourth-order valence-corrected chi connectivity index (χ4v) is 5.55. The molecule has 0 heterocycles. The second-order valence-corrected chi connectivity index (χ2v) is 9.34. The third-order valence-electron chi connectivity index (χ3n) is 3.77. The average molecular weight is 400 g/mol. The molecule has 0 aromatic heterocycles. The van der Waals surface area contributed by atoms with Gasteiger partial charge in [0.15, 0.2) is 6.26 Å². The van der Waals surface area contributed by atoms with Gasteiger partial charge in [-0.05, 0) is 17.9 Å². The van der Waals surface area contributed by atoms with Crippen LogP contribution in [0.1, 0.15) is 0 Å². The van der Waals surface area contributed by atoms with Crippen molar-refractivity contribution in [3.05, 3.63) is 99.1 Å². The van der Waals surface area contributed by atoms with Crippen molar-refractivity contribution in [1.82, 2.24) is 0 Å². The lowest BCUT2D eigenvalue weighted by Crippen LogP contribution is -2.19. The van der Waals surface area contributed by atoms with Gasteiger partial charge in [0.25, 0.3) is 0 Å². The van der Waals surface area contributed by atoms with Gasteiger partial charge < -0.3 is 4.52 Å². The second kappa shape index (κ2) is 7.65. The smallest absolute Gasteiger partial charge is 0.349 e. The van der Waals surface area contributed by atoms with Crippen LogP contribution in [0, 0.1) is 20.2 Å². The molecule has 0 saturated heterocycles. The Balaban J connectivity index is 2.11. The molecule has 0 saturated carbocycles. The van der Waals surface area contributed by atoms with Gasteiger partial charge in [0.05, 0.1) is 15.9 Å². The van der Waals surface area contributed by atoms with Crippen molar-refractivity contribution in [2.75, 3.05) is 0 Å². The summed E-state index contributed by atoms with van der Waals surface area (Å²) in [4.78, 5) is 20.6. The number of hydrogen-bond acceptors (Lipinski definition) is 6. The first-order valence-electron chi connectivity index (χ1n) is 7.75. The molecule has 0 bridgehead atoms. The molecule has 0 N–H and O–H groups in total. The summed E-state index contributed by atoms with van der Waals surface area (Å²) in [5, 5.41) is 23.8. The normalized spacial score (nSPS) is 11.0. The van der Waals surface area contributed by atoms with Crippen molar-refractivity contribution in [1.29, 1.82) is 0 Å². The van der Waals surface area contributed by atoms with Crippen LogP contribution in [0.4, 0.5) is 11.4 Å². The summed E-state index contributed by atoms with van der Waals surface area (Å²) in [6.45, 7) is 0. The zero-order valence-corrected chi connectivity index (χ0v) is 15.5. The van der Waals surface area contributed by atoms with Crippen LogP contribution in [0.3, 0.4) is 0 Å². The molecule has 0 atom stereocenters. The fraction of sp³-hybridized carbons (Fsp3) is 0. The molecule has 136 valence electrons. The number of benzene rings is 3. The minimum atomic E-state index is -2.79. The van der Waals surface area contributed by atoms with Crippen LogP contribution in [0.25, 0.3) is 0 Å². The van der Waals surface area contributed by atoms with Crippen LogP contribution >= 0.6 is 6.26 Å². The Kier molecular flexibility index (Phi) is 5.30. The van der Waals surface area contributed by atoms with E-state index in [1.54, 1.807) is 0 Å². The lowest BCUT2D eigenvalue weighted by molar-refractivity contribution is -0.422. The molecule has 3 rings (SSSR count). The van der Waals surface area contributed by atoms with Crippen LogP contribution < -0.4 is 15.1 Å². The van der Waals surface area contributed by atoms with E-state index in [9.17, 15) is 20.2 Å². The highest BCUT2D eigenvalue weighted by Crippen LogP contribution is 2.46. The number of hydrogen-bond donors (Lipinski definition) is 0. The van der Waals surface area contributed by atoms with E-state index >= 15 is 0 Å². The average Bonchev–Trinajstić information content (AvgIpc) is 2.69. The Morgan fingerprint density at radius 2 is 1.22 bits per heavy atom. The summed E-state index contributed by atoms with van der Waals surface area (Å²) in [6, 6.07) is 21.8. The molecule has 9 heteroatoms. The molecule has 0 unspecified atom stereocenters. The van der Waals surface area contributed by atoms with Crippen molar-refractivity contribution >= 4 is 40.1 Å². The monoisotopic (exact) mass is 400 g/mol.